The molecule has 0 radical (unpaired) electrons. The molecule has 0 amide bonds. The summed E-state index contributed by atoms with van der Waals surface area (Å²) in [5.74, 6) is -0.786. The highest BCUT2D eigenvalue weighted by molar-refractivity contribution is 7.91. The lowest BCUT2D eigenvalue weighted by Gasteiger charge is -2.19. The lowest BCUT2D eigenvalue weighted by molar-refractivity contribution is -0.143. The monoisotopic (exact) mass is 254 g/mol. The Morgan fingerprint density at radius 1 is 1.53 bits per heavy atom. The first kappa shape index (κ1) is 11.2. The quantitative estimate of drug-likeness (QED) is 0.376. The van der Waals surface area contributed by atoms with Gasteiger partial charge in [0.05, 0.1) is 18.6 Å². The van der Waals surface area contributed by atoms with E-state index in [9.17, 15) is 13.2 Å². The minimum absolute atomic E-state index is 0.131. The number of halogens is 1. The van der Waals surface area contributed by atoms with Gasteiger partial charge in [0.1, 0.15) is 5.60 Å². The maximum Gasteiger partial charge on any atom is 0.357 e. The molecule has 0 N–H and O–H groups in total. The highest BCUT2D eigenvalue weighted by Gasteiger charge is 2.76. The molecule has 86 valence electrons. The van der Waals surface area contributed by atoms with Crippen LogP contribution in [0.5, 0.6) is 0 Å². The first-order valence-electron chi connectivity index (χ1n) is 4.53. The summed E-state index contributed by atoms with van der Waals surface area (Å²) in [4.78, 5) is 11.3. The fraction of sp³-hybridized carbons (Fsp3) is 0.875. The molecule has 2 heterocycles. The molecule has 5 nitrogen and oxygen atoms in total. The normalized spacial score (nSPS) is 42.5. The molecule has 7 heteroatoms. The second kappa shape index (κ2) is 3.09. The van der Waals surface area contributed by atoms with E-state index in [0.29, 0.717) is 12.8 Å². The van der Waals surface area contributed by atoms with Gasteiger partial charge in [-0.3, -0.25) is 0 Å². The van der Waals surface area contributed by atoms with Crippen LogP contribution in [0.1, 0.15) is 12.8 Å². The van der Waals surface area contributed by atoms with E-state index >= 15 is 0 Å². The Labute approximate surface area is 92.6 Å². The van der Waals surface area contributed by atoms with Gasteiger partial charge in [-0.15, -0.1) is 0 Å². The van der Waals surface area contributed by atoms with Crippen LogP contribution < -0.4 is 0 Å². The third-order valence-electron chi connectivity index (χ3n) is 2.82. The van der Waals surface area contributed by atoms with Gasteiger partial charge in [-0.05, 0) is 12.8 Å². The zero-order chi connectivity index (χ0) is 11.3. The Morgan fingerprint density at radius 2 is 2.20 bits per heavy atom. The van der Waals surface area contributed by atoms with Gasteiger partial charge in [0.2, 0.25) is 0 Å². The molecular formula is C8H11ClO5S. The molecule has 0 aromatic carbocycles. The van der Waals surface area contributed by atoms with E-state index in [2.05, 4.69) is 4.74 Å². The van der Waals surface area contributed by atoms with Crippen molar-refractivity contribution in [1.82, 2.24) is 0 Å². The number of alkyl halides is 1. The van der Waals surface area contributed by atoms with Crippen LogP contribution in [0.3, 0.4) is 0 Å². The first-order valence-corrected chi connectivity index (χ1v) is 6.73. The van der Waals surface area contributed by atoms with Crippen molar-refractivity contribution in [3.63, 3.8) is 0 Å². The average molecular weight is 255 g/mol. The molecule has 0 saturated carbocycles. The average Bonchev–Trinajstić information content (AvgIpc) is 2.68. The Hall–Kier alpha value is -0.330. The van der Waals surface area contributed by atoms with E-state index < -0.39 is 26.5 Å². The van der Waals surface area contributed by atoms with Crippen molar-refractivity contribution in [2.24, 2.45) is 0 Å². The number of rotatable bonds is 1. The molecular weight excluding hydrogens is 244 g/mol. The second-order valence-corrected chi connectivity index (χ2v) is 6.60. The van der Waals surface area contributed by atoms with Crippen molar-refractivity contribution >= 4 is 27.4 Å². The molecule has 15 heavy (non-hydrogen) atoms. The van der Waals surface area contributed by atoms with Gasteiger partial charge < -0.3 is 9.47 Å². The van der Waals surface area contributed by atoms with E-state index in [1.54, 1.807) is 0 Å². The summed E-state index contributed by atoms with van der Waals surface area (Å²) in [5, 5.41) is -1.59. The topological polar surface area (TPSA) is 73.0 Å². The molecule has 0 bridgehead atoms. The van der Waals surface area contributed by atoms with Crippen molar-refractivity contribution < 1.29 is 22.7 Å². The largest absolute Gasteiger partial charge is 0.466 e. The van der Waals surface area contributed by atoms with Gasteiger partial charge in [0, 0.05) is 0 Å². The summed E-state index contributed by atoms with van der Waals surface area (Å²) in [7, 11) is -1.96. The molecule has 2 unspecified atom stereocenters. The third-order valence-corrected chi connectivity index (χ3v) is 5.21. The van der Waals surface area contributed by atoms with Gasteiger partial charge in [-0.25, -0.2) is 13.2 Å². The summed E-state index contributed by atoms with van der Waals surface area (Å²) in [5.41, 5.74) is -1.06. The summed E-state index contributed by atoms with van der Waals surface area (Å²) >= 11 is 5.90. The summed E-state index contributed by atoms with van der Waals surface area (Å²) in [6.07, 6.45) is 0.943. The number of epoxide rings is 1. The zero-order valence-electron chi connectivity index (χ0n) is 8.16. The molecule has 0 aromatic heterocycles. The predicted octanol–water partition coefficient (Wildman–Crippen LogP) is 0.0721. The SMILES string of the molecule is COC(=O)C1(Cl)OC12CCCS(=O)(=O)C2. The van der Waals surface area contributed by atoms with Crippen LogP contribution in [0.15, 0.2) is 0 Å². The number of esters is 1. The zero-order valence-corrected chi connectivity index (χ0v) is 9.73. The van der Waals surface area contributed by atoms with Gasteiger partial charge in [-0.1, -0.05) is 11.6 Å². The number of carbonyl (C=O) groups excluding carboxylic acids is 1. The van der Waals surface area contributed by atoms with Crippen LogP contribution in [0.25, 0.3) is 0 Å². The van der Waals surface area contributed by atoms with E-state index in [1.807, 2.05) is 0 Å². The van der Waals surface area contributed by atoms with Crippen molar-refractivity contribution in [1.29, 1.82) is 0 Å². The Morgan fingerprint density at radius 3 is 2.73 bits per heavy atom. The van der Waals surface area contributed by atoms with E-state index in [1.165, 1.54) is 7.11 Å². The van der Waals surface area contributed by atoms with Crippen LogP contribution in [-0.2, 0) is 24.1 Å². The van der Waals surface area contributed by atoms with Crippen molar-refractivity contribution in [2.45, 2.75) is 23.5 Å². The van der Waals surface area contributed by atoms with Crippen LogP contribution >= 0.6 is 11.6 Å². The number of hydrogen-bond acceptors (Lipinski definition) is 5. The number of carbonyl (C=O) groups is 1. The smallest absolute Gasteiger partial charge is 0.357 e. The molecule has 2 atom stereocenters. The van der Waals surface area contributed by atoms with Gasteiger partial charge in [-0.2, -0.15) is 0 Å². The highest BCUT2D eigenvalue weighted by atomic mass is 35.5. The van der Waals surface area contributed by atoms with Crippen molar-refractivity contribution in [2.75, 3.05) is 18.6 Å². The fourth-order valence-electron chi connectivity index (χ4n) is 2.01. The minimum atomic E-state index is -3.16. The standard InChI is InChI=1S/C8H11ClO5S/c1-13-6(10)8(9)7(14-8)3-2-4-15(11,12)5-7/h2-5H2,1H3. The summed E-state index contributed by atoms with van der Waals surface area (Å²) < 4.78 is 32.4. The van der Waals surface area contributed by atoms with Gasteiger partial charge in [0.25, 0.3) is 5.06 Å². The number of ether oxygens (including phenoxy) is 2. The Bertz CT molecular complexity index is 405. The van der Waals surface area contributed by atoms with Crippen LogP contribution in [0.4, 0.5) is 0 Å². The lowest BCUT2D eigenvalue weighted by atomic mass is 10.0. The van der Waals surface area contributed by atoms with Gasteiger partial charge in [0.15, 0.2) is 9.84 Å². The molecule has 0 aromatic rings. The van der Waals surface area contributed by atoms with E-state index in [0.717, 1.165) is 0 Å². The number of sulfone groups is 1. The second-order valence-electron chi connectivity index (χ2n) is 3.88. The number of methoxy groups -OCH3 is 1. The van der Waals surface area contributed by atoms with Crippen molar-refractivity contribution in [3.8, 4) is 0 Å². The van der Waals surface area contributed by atoms with E-state index in [4.69, 9.17) is 16.3 Å². The van der Waals surface area contributed by atoms with E-state index in [-0.39, 0.29) is 11.5 Å². The molecule has 2 aliphatic heterocycles. The van der Waals surface area contributed by atoms with Crippen LogP contribution in [0.2, 0.25) is 0 Å². The fourth-order valence-corrected chi connectivity index (χ4v) is 4.32. The maximum atomic E-state index is 11.4. The molecule has 2 aliphatic rings. The third kappa shape index (κ3) is 1.55. The highest BCUT2D eigenvalue weighted by Crippen LogP contribution is 2.57. The Balaban J connectivity index is 2.22. The summed E-state index contributed by atoms with van der Waals surface area (Å²) in [6.45, 7) is 0. The molecule has 2 fully saturated rings. The molecule has 2 saturated heterocycles. The predicted molar refractivity (Wildman–Crippen MR) is 52.3 cm³/mol. The Kier molecular flexibility index (Phi) is 2.30. The molecule has 0 aliphatic carbocycles. The first-order chi connectivity index (χ1) is 6.85. The van der Waals surface area contributed by atoms with Crippen LogP contribution in [-0.4, -0.2) is 43.7 Å². The molecule has 1 spiro atoms. The van der Waals surface area contributed by atoms with Crippen molar-refractivity contribution in [3.05, 3.63) is 0 Å². The minimum Gasteiger partial charge on any atom is -0.466 e. The number of hydrogen-bond donors (Lipinski definition) is 0. The maximum absolute atomic E-state index is 11.4. The lowest BCUT2D eigenvalue weighted by Crippen LogP contribution is -2.40. The molecule has 2 rings (SSSR count). The summed E-state index contributed by atoms with van der Waals surface area (Å²) in [6, 6.07) is 0. The van der Waals surface area contributed by atoms with Gasteiger partial charge >= 0.3 is 5.97 Å². The van der Waals surface area contributed by atoms with Crippen LogP contribution in [0, 0.1) is 0 Å².